The van der Waals surface area contributed by atoms with Gasteiger partial charge in [-0.25, -0.2) is 0 Å². The molecule has 1 aliphatic rings. The molecule has 2 rings (SSSR count). The molecule has 3 heteroatoms. The molecule has 0 heterocycles. The number of hydrogen-bond acceptors (Lipinski definition) is 2. The molecule has 0 radical (unpaired) electrons. The molecule has 0 fully saturated rings. The zero-order chi connectivity index (χ0) is 12.8. The highest BCUT2D eigenvalue weighted by atomic mass is 16.5. The Labute approximate surface area is 107 Å². The van der Waals surface area contributed by atoms with Crippen LogP contribution >= 0.6 is 0 Å². The van der Waals surface area contributed by atoms with E-state index in [1.54, 1.807) is 0 Å². The Morgan fingerprint density at radius 3 is 2.83 bits per heavy atom. The summed E-state index contributed by atoms with van der Waals surface area (Å²) < 4.78 is 5.68. The van der Waals surface area contributed by atoms with E-state index in [-0.39, 0.29) is 12.3 Å². The predicted octanol–water partition coefficient (Wildman–Crippen LogP) is 2.87. The molecule has 0 saturated carbocycles. The average Bonchev–Trinajstić information content (AvgIpc) is 2.77. The van der Waals surface area contributed by atoms with Gasteiger partial charge in [-0.2, -0.15) is 0 Å². The maximum Gasteiger partial charge on any atom is 0.303 e. The number of benzene rings is 1. The predicted molar refractivity (Wildman–Crippen MR) is 69.1 cm³/mol. The van der Waals surface area contributed by atoms with Crippen LogP contribution in [0.3, 0.4) is 0 Å². The number of allylic oxidation sites excluding steroid dienone is 2. The first-order valence-electron chi connectivity index (χ1n) is 6.26. The first kappa shape index (κ1) is 12.8. The summed E-state index contributed by atoms with van der Waals surface area (Å²) in [6.07, 6.45) is 5.19. The molecule has 0 aliphatic heterocycles. The van der Waals surface area contributed by atoms with E-state index in [1.807, 2.05) is 36.4 Å². The normalized spacial score (nSPS) is 22.2. The molecule has 0 saturated heterocycles. The maximum atomic E-state index is 10.7. The number of carbonyl (C=O) groups is 1. The van der Waals surface area contributed by atoms with E-state index in [4.69, 9.17) is 9.84 Å². The number of hydrogen-bond donors (Lipinski definition) is 1. The van der Waals surface area contributed by atoms with Gasteiger partial charge in [-0.3, -0.25) is 4.79 Å². The van der Waals surface area contributed by atoms with Crippen LogP contribution < -0.4 is 0 Å². The number of rotatable bonds is 6. The SMILES string of the molecule is O=C(O)CC1C=CC[C@@H]1COCc1ccccc1. The van der Waals surface area contributed by atoms with E-state index in [9.17, 15) is 4.79 Å². The van der Waals surface area contributed by atoms with Crippen LogP contribution in [0.2, 0.25) is 0 Å². The van der Waals surface area contributed by atoms with Gasteiger partial charge in [0.05, 0.1) is 19.6 Å². The highest BCUT2D eigenvalue weighted by molar-refractivity contribution is 5.67. The van der Waals surface area contributed by atoms with Gasteiger partial charge in [-0.15, -0.1) is 0 Å². The smallest absolute Gasteiger partial charge is 0.303 e. The molecule has 3 nitrogen and oxygen atoms in total. The van der Waals surface area contributed by atoms with E-state index in [0.29, 0.717) is 19.1 Å². The molecule has 0 amide bonds. The van der Waals surface area contributed by atoms with Crippen molar-refractivity contribution in [2.45, 2.75) is 19.4 Å². The molecule has 0 aromatic heterocycles. The maximum absolute atomic E-state index is 10.7. The molecule has 1 aromatic rings. The minimum atomic E-state index is -0.736. The lowest BCUT2D eigenvalue weighted by atomic mass is 9.93. The van der Waals surface area contributed by atoms with Gasteiger partial charge < -0.3 is 9.84 Å². The van der Waals surface area contributed by atoms with Gasteiger partial charge >= 0.3 is 5.97 Å². The molecule has 0 bridgehead atoms. The number of ether oxygens (including phenoxy) is 1. The second-order valence-electron chi connectivity index (χ2n) is 4.69. The topological polar surface area (TPSA) is 46.5 Å². The molecule has 0 spiro atoms. The summed E-state index contributed by atoms with van der Waals surface area (Å²) in [6.45, 7) is 1.22. The third-order valence-corrected chi connectivity index (χ3v) is 3.28. The van der Waals surface area contributed by atoms with Gasteiger partial charge in [0.1, 0.15) is 0 Å². The highest BCUT2D eigenvalue weighted by Crippen LogP contribution is 2.28. The lowest BCUT2D eigenvalue weighted by molar-refractivity contribution is -0.138. The van der Waals surface area contributed by atoms with E-state index >= 15 is 0 Å². The molecular formula is C15H18O3. The lowest BCUT2D eigenvalue weighted by Crippen LogP contribution is -2.18. The van der Waals surface area contributed by atoms with Gasteiger partial charge in [0.15, 0.2) is 0 Å². The first-order valence-corrected chi connectivity index (χ1v) is 6.26. The van der Waals surface area contributed by atoms with Crippen LogP contribution in [0.4, 0.5) is 0 Å². The number of aliphatic carboxylic acids is 1. The molecule has 18 heavy (non-hydrogen) atoms. The van der Waals surface area contributed by atoms with Crippen molar-refractivity contribution in [2.24, 2.45) is 11.8 Å². The van der Waals surface area contributed by atoms with Gasteiger partial charge in [0, 0.05) is 0 Å². The second kappa shape index (κ2) is 6.36. The molecule has 2 atom stereocenters. The third-order valence-electron chi connectivity index (χ3n) is 3.28. The van der Waals surface area contributed by atoms with E-state index in [2.05, 4.69) is 6.08 Å². The average molecular weight is 246 g/mol. The molecule has 1 unspecified atom stereocenters. The van der Waals surface area contributed by atoms with Gasteiger partial charge in [-0.05, 0) is 23.8 Å². The van der Waals surface area contributed by atoms with Gasteiger partial charge in [0.25, 0.3) is 0 Å². The molecule has 1 aromatic carbocycles. The molecule has 96 valence electrons. The fraction of sp³-hybridized carbons (Fsp3) is 0.400. The second-order valence-corrected chi connectivity index (χ2v) is 4.69. The van der Waals surface area contributed by atoms with Crippen LogP contribution in [-0.2, 0) is 16.1 Å². The van der Waals surface area contributed by atoms with Crippen molar-refractivity contribution < 1.29 is 14.6 Å². The van der Waals surface area contributed by atoms with Crippen molar-refractivity contribution in [1.82, 2.24) is 0 Å². The fourth-order valence-corrected chi connectivity index (χ4v) is 2.29. The van der Waals surface area contributed by atoms with E-state index < -0.39 is 5.97 Å². The van der Waals surface area contributed by atoms with Crippen LogP contribution in [0.15, 0.2) is 42.5 Å². The van der Waals surface area contributed by atoms with Crippen LogP contribution in [0.5, 0.6) is 0 Å². The minimum absolute atomic E-state index is 0.123. The Morgan fingerprint density at radius 2 is 2.11 bits per heavy atom. The highest BCUT2D eigenvalue weighted by Gasteiger charge is 2.24. The Kier molecular flexibility index (Phi) is 4.53. The van der Waals surface area contributed by atoms with Crippen molar-refractivity contribution in [3.8, 4) is 0 Å². The van der Waals surface area contributed by atoms with Crippen molar-refractivity contribution in [1.29, 1.82) is 0 Å². The summed E-state index contributed by atoms with van der Waals surface area (Å²) in [7, 11) is 0. The summed E-state index contributed by atoms with van der Waals surface area (Å²) >= 11 is 0. The summed E-state index contributed by atoms with van der Waals surface area (Å²) in [5.74, 6) is -0.303. The summed E-state index contributed by atoms with van der Waals surface area (Å²) in [5.41, 5.74) is 1.15. The summed E-state index contributed by atoms with van der Waals surface area (Å²) in [4.78, 5) is 10.7. The first-order chi connectivity index (χ1) is 8.75. The van der Waals surface area contributed by atoms with E-state index in [1.165, 1.54) is 0 Å². The van der Waals surface area contributed by atoms with E-state index in [0.717, 1.165) is 12.0 Å². The minimum Gasteiger partial charge on any atom is -0.481 e. The Hall–Kier alpha value is -1.61. The van der Waals surface area contributed by atoms with Crippen LogP contribution in [0.1, 0.15) is 18.4 Å². The largest absolute Gasteiger partial charge is 0.481 e. The molecular weight excluding hydrogens is 228 g/mol. The Bertz CT molecular complexity index is 411. The quantitative estimate of drug-likeness (QED) is 0.785. The van der Waals surface area contributed by atoms with Gasteiger partial charge in [0.2, 0.25) is 0 Å². The number of carboxylic acids is 1. The van der Waals surface area contributed by atoms with Crippen molar-refractivity contribution in [3.63, 3.8) is 0 Å². The third kappa shape index (κ3) is 3.70. The van der Waals surface area contributed by atoms with Crippen molar-refractivity contribution in [2.75, 3.05) is 6.61 Å². The summed E-state index contributed by atoms with van der Waals surface area (Å²) in [5, 5.41) is 8.82. The number of carboxylic acid groups (broad SMARTS) is 1. The monoisotopic (exact) mass is 246 g/mol. The Balaban J connectivity index is 1.75. The zero-order valence-corrected chi connectivity index (χ0v) is 10.3. The molecule has 1 N–H and O–H groups in total. The summed E-state index contributed by atoms with van der Waals surface area (Å²) in [6, 6.07) is 10.0. The fourth-order valence-electron chi connectivity index (χ4n) is 2.29. The molecule has 1 aliphatic carbocycles. The van der Waals surface area contributed by atoms with Crippen LogP contribution in [0.25, 0.3) is 0 Å². The van der Waals surface area contributed by atoms with Gasteiger partial charge in [-0.1, -0.05) is 42.5 Å². The van der Waals surface area contributed by atoms with Crippen molar-refractivity contribution >= 4 is 5.97 Å². The zero-order valence-electron chi connectivity index (χ0n) is 10.3. The standard InChI is InChI=1S/C15H18O3/c16-15(17)9-13-7-4-8-14(13)11-18-10-12-5-2-1-3-6-12/h1-7,13-14H,8-11H2,(H,16,17)/t13?,14-/m1/s1. The Morgan fingerprint density at radius 1 is 1.33 bits per heavy atom. The van der Waals surface area contributed by atoms with Crippen molar-refractivity contribution in [3.05, 3.63) is 48.0 Å². The van der Waals surface area contributed by atoms with Crippen LogP contribution in [0, 0.1) is 11.8 Å². The lowest BCUT2D eigenvalue weighted by Gasteiger charge is -2.17. The van der Waals surface area contributed by atoms with Crippen LogP contribution in [-0.4, -0.2) is 17.7 Å².